The molecule has 1 aliphatic carbocycles. The summed E-state index contributed by atoms with van der Waals surface area (Å²) in [6.07, 6.45) is 4.71. The van der Waals surface area contributed by atoms with Gasteiger partial charge in [-0.2, -0.15) is 0 Å². The number of hydrogen-bond donors (Lipinski definition) is 1. The summed E-state index contributed by atoms with van der Waals surface area (Å²) in [6.45, 7) is 6.57. The number of allylic oxidation sites excluding steroid dienone is 1. The van der Waals surface area contributed by atoms with Crippen LogP contribution < -0.4 is 4.90 Å². The minimum atomic E-state index is -2.02. The first kappa shape index (κ1) is 23.0. The molecule has 0 radical (unpaired) electrons. The largest absolute Gasteiger partial charge is 0.462 e. The van der Waals surface area contributed by atoms with Crippen LogP contribution in [0, 0.1) is 6.92 Å². The van der Waals surface area contributed by atoms with E-state index in [2.05, 4.69) is 0 Å². The molecule has 1 atom stereocenters. The quantitative estimate of drug-likeness (QED) is 0.553. The summed E-state index contributed by atoms with van der Waals surface area (Å²) in [7, 11) is 0. The topological polar surface area (TPSA) is 87.2 Å². The summed E-state index contributed by atoms with van der Waals surface area (Å²) < 4.78 is 5.11. The van der Waals surface area contributed by atoms with Crippen LogP contribution in [0.4, 0.5) is 5.69 Å². The fourth-order valence-electron chi connectivity index (χ4n) is 4.71. The van der Waals surface area contributed by atoms with Crippen LogP contribution in [-0.2, 0) is 19.1 Å². The predicted octanol–water partition coefficient (Wildman–Crippen LogP) is 3.09. The van der Waals surface area contributed by atoms with Crippen molar-refractivity contribution in [1.29, 1.82) is 0 Å². The normalized spacial score (nSPS) is 22.1. The summed E-state index contributed by atoms with van der Waals surface area (Å²) in [5.74, 6) is -1.73. The number of aliphatic hydroxyl groups is 1. The lowest BCUT2D eigenvalue weighted by Gasteiger charge is -2.44. The molecule has 0 bridgehead atoms. The van der Waals surface area contributed by atoms with E-state index in [0.29, 0.717) is 11.4 Å². The number of anilines is 1. The highest BCUT2D eigenvalue weighted by Gasteiger charge is 2.56. The molecule has 1 N–H and O–H groups in total. The Kier molecular flexibility index (Phi) is 6.84. The second-order valence-corrected chi connectivity index (χ2v) is 8.43. The maximum atomic E-state index is 13.5. The number of carbonyl (C=O) groups excluding carboxylic acids is 3. The van der Waals surface area contributed by atoms with Crippen molar-refractivity contribution in [2.24, 2.45) is 0 Å². The van der Waals surface area contributed by atoms with Crippen molar-refractivity contribution >= 4 is 23.3 Å². The van der Waals surface area contributed by atoms with Crippen LogP contribution in [0.5, 0.6) is 0 Å². The van der Waals surface area contributed by atoms with Gasteiger partial charge in [0.2, 0.25) is 17.4 Å². The van der Waals surface area contributed by atoms with Crippen LogP contribution in [-0.4, -0.2) is 52.6 Å². The van der Waals surface area contributed by atoms with E-state index in [1.807, 2.05) is 19.1 Å². The summed E-state index contributed by atoms with van der Waals surface area (Å²) in [4.78, 5) is 41.6. The van der Waals surface area contributed by atoms with Crippen LogP contribution in [0.1, 0.15) is 58.4 Å². The monoisotopic (exact) mass is 428 g/mol. The fraction of sp³-hybridized carbons (Fsp3) is 0.542. The molecular formula is C24H32N2O5. The molecule has 3 rings (SSSR count). The van der Waals surface area contributed by atoms with Gasteiger partial charge < -0.3 is 19.6 Å². The molecule has 1 fully saturated rings. The molecule has 1 aromatic carbocycles. The lowest BCUT2D eigenvalue weighted by Crippen LogP contribution is -2.61. The van der Waals surface area contributed by atoms with Crippen LogP contribution >= 0.6 is 0 Å². The maximum Gasteiger partial charge on any atom is 0.343 e. The third kappa shape index (κ3) is 4.37. The Morgan fingerprint density at radius 1 is 1.16 bits per heavy atom. The molecule has 1 saturated carbocycles. The van der Waals surface area contributed by atoms with Crippen molar-refractivity contribution in [3.8, 4) is 0 Å². The number of aryl methyl sites for hydroxylation is 1. The third-order valence-electron chi connectivity index (χ3n) is 6.24. The van der Waals surface area contributed by atoms with Gasteiger partial charge in [-0.05, 0) is 45.7 Å². The molecule has 1 unspecified atom stereocenters. The average molecular weight is 429 g/mol. The van der Waals surface area contributed by atoms with Crippen molar-refractivity contribution in [3.63, 3.8) is 0 Å². The minimum absolute atomic E-state index is 0.0820. The number of esters is 1. The van der Waals surface area contributed by atoms with Crippen molar-refractivity contribution in [1.82, 2.24) is 4.90 Å². The van der Waals surface area contributed by atoms with Crippen LogP contribution in [0.3, 0.4) is 0 Å². The number of Topliss-reactive ketones (excluding diaryl/α,β-unsaturated/α-hetero) is 1. The van der Waals surface area contributed by atoms with Crippen molar-refractivity contribution < 1.29 is 24.2 Å². The average Bonchev–Trinajstić information content (AvgIpc) is 2.93. The summed E-state index contributed by atoms with van der Waals surface area (Å²) in [5, 5.41) is 11.8. The summed E-state index contributed by atoms with van der Waals surface area (Å²) in [5.41, 5.74) is -0.100. The lowest BCUT2D eigenvalue weighted by molar-refractivity contribution is -0.153. The van der Waals surface area contributed by atoms with Crippen LogP contribution in [0.25, 0.3) is 0 Å². The van der Waals surface area contributed by atoms with Gasteiger partial charge >= 0.3 is 5.97 Å². The minimum Gasteiger partial charge on any atom is -0.462 e. The van der Waals surface area contributed by atoms with E-state index < -0.39 is 17.5 Å². The smallest absolute Gasteiger partial charge is 0.343 e. The Morgan fingerprint density at radius 2 is 1.77 bits per heavy atom. The molecule has 1 aliphatic heterocycles. The lowest BCUT2D eigenvalue weighted by atomic mass is 9.92. The standard InChI is InChI=1S/C24H32N2O5/c1-5-31-23(29)21-17(3)26(20-9-7-6-8-10-20)24(30,22(21)28)15-25(18(4)27)19-13-11-16(2)12-14-19/h11-14,20,30H,5-10,15H2,1-4H3. The molecule has 7 nitrogen and oxygen atoms in total. The molecular weight excluding hydrogens is 396 g/mol. The van der Waals surface area contributed by atoms with E-state index in [0.717, 1.165) is 37.7 Å². The first-order valence-electron chi connectivity index (χ1n) is 11.0. The third-order valence-corrected chi connectivity index (χ3v) is 6.24. The van der Waals surface area contributed by atoms with Gasteiger partial charge in [-0.15, -0.1) is 0 Å². The molecule has 1 amide bonds. The molecule has 1 aromatic rings. The van der Waals surface area contributed by atoms with E-state index in [-0.39, 0.29) is 30.7 Å². The Morgan fingerprint density at radius 3 is 2.32 bits per heavy atom. The number of carbonyl (C=O) groups is 3. The zero-order chi connectivity index (χ0) is 22.8. The molecule has 2 aliphatic rings. The number of benzene rings is 1. The molecule has 0 aromatic heterocycles. The zero-order valence-electron chi connectivity index (χ0n) is 18.8. The Hall–Kier alpha value is -2.67. The van der Waals surface area contributed by atoms with E-state index >= 15 is 0 Å². The van der Waals surface area contributed by atoms with Gasteiger partial charge in [0.25, 0.3) is 0 Å². The second-order valence-electron chi connectivity index (χ2n) is 8.43. The number of ether oxygens (including phenoxy) is 1. The first-order chi connectivity index (χ1) is 14.7. The van der Waals surface area contributed by atoms with Gasteiger partial charge in [0.1, 0.15) is 5.57 Å². The van der Waals surface area contributed by atoms with Crippen LogP contribution in [0.2, 0.25) is 0 Å². The van der Waals surface area contributed by atoms with Crippen LogP contribution in [0.15, 0.2) is 35.5 Å². The summed E-state index contributed by atoms with van der Waals surface area (Å²) in [6, 6.07) is 7.24. The highest BCUT2D eigenvalue weighted by molar-refractivity contribution is 6.23. The predicted molar refractivity (Wildman–Crippen MR) is 117 cm³/mol. The van der Waals surface area contributed by atoms with Gasteiger partial charge in [-0.25, -0.2) is 4.79 Å². The Balaban J connectivity index is 2.03. The van der Waals surface area contributed by atoms with Crippen molar-refractivity contribution in [3.05, 3.63) is 41.1 Å². The maximum absolute atomic E-state index is 13.5. The van der Waals surface area contributed by atoms with Gasteiger partial charge in [0.15, 0.2) is 0 Å². The van der Waals surface area contributed by atoms with Crippen molar-refractivity contribution in [2.45, 2.75) is 71.6 Å². The second kappa shape index (κ2) is 9.22. The number of ketones is 1. The molecule has 0 spiro atoms. The number of nitrogens with zero attached hydrogens (tertiary/aromatic N) is 2. The molecule has 1 heterocycles. The molecule has 7 heteroatoms. The van der Waals surface area contributed by atoms with Gasteiger partial charge in [-0.1, -0.05) is 37.0 Å². The highest BCUT2D eigenvalue weighted by Crippen LogP contribution is 2.40. The molecule has 168 valence electrons. The number of hydrogen-bond acceptors (Lipinski definition) is 6. The van der Waals surface area contributed by atoms with Gasteiger partial charge in [0.05, 0.1) is 13.2 Å². The van der Waals surface area contributed by atoms with Gasteiger partial charge in [-0.3, -0.25) is 9.59 Å². The Bertz CT molecular complexity index is 886. The van der Waals surface area contributed by atoms with Crippen molar-refractivity contribution in [2.75, 3.05) is 18.1 Å². The first-order valence-corrected chi connectivity index (χ1v) is 11.0. The van der Waals surface area contributed by atoms with Gasteiger partial charge in [0, 0.05) is 24.4 Å². The fourth-order valence-corrected chi connectivity index (χ4v) is 4.71. The molecule has 0 saturated heterocycles. The number of amides is 1. The van der Waals surface area contributed by atoms with E-state index in [9.17, 15) is 19.5 Å². The molecule has 31 heavy (non-hydrogen) atoms. The number of rotatable bonds is 6. The zero-order valence-corrected chi connectivity index (χ0v) is 18.8. The highest BCUT2D eigenvalue weighted by atomic mass is 16.5. The SMILES string of the molecule is CCOC(=O)C1=C(C)N(C2CCCCC2)C(O)(CN(C(C)=O)c2ccc(C)cc2)C1=O. The summed E-state index contributed by atoms with van der Waals surface area (Å²) >= 11 is 0. The van der Waals surface area contributed by atoms with E-state index in [1.54, 1.807) is 30.9 Å². The Labute approximate surface area is 183 Å². The van der Waals surface area contributed by atoms with E-state index in [4.69, 9.17) is 4.74 Å². The van der Waals surface area contributed by atoms with E-state index in [1.165, 1.54) is 11.8 Å².